The molecule has 2 atom stereocenters. The number of ether oxygens (including phenoxy) is 1. The van der Waals surface area contributed by atoms with Crippen molar-refractivity contribution < 1.29 is 4.74 Å². The highest BCUT2D eigenvalue weighted by atomic mass is 16.5. The van der Waals surface area contributed by atoms with Crippen LogP contribution in [0.4, 0.5) is 0 Å². The van der Waals surface area contributed by atoms with Crippen molar-refractivity contribution in [2.24, 2.45) is 11.8 Å². The Morgan fingerprint density at radius 2 is 2.06 bits per heavy atom. The molecule has 0 aromatic rings. The lowest BCUT2D eigenvalue weighted by molar-refractivity contribution is 0.0318. The number of rotatable bonds is 7. The van der Waals surface area contributed by atoms with Crippen molar-refractivity contribution in [3.63, 3.8) is 0 Å². The fourth-order valence-electron chi connectivity index (χ4n) is 2.38. The molecule has 1 saturated carbocycles. The van der Waals surface area contributed by atoms with Crippen molar-refractivity contribution in [3.05, 3.63) is 0 Å². The molecule has 0 aromatic heterocycles. The average Bonchev–Trinajstić information content (AvgIpc) is 3.01. The summed E-state index contributed by atoms with van der Waals surface area (Å²) in [5, 5.41) is 6.88. The van der Waals surface area contributed by atoms with Gasteiger partial charge in [0.25, 0.3) is 0 Å². The predicted octanol–water partition coefficient (Wildman–Crippen LogP) is 1.39. The summed E-state index contributed by atoms with van der Waals surface area (Å²) in [6.45, 7) is 7.86. The van der Waals surface area contributed by atoms with Crippen LogP contribution in [0.1, 0.15) is 32.6 Å². The van der Waals surface area contributed by atoms with Crippen molar-refractivity contribution in [1.82, 2.24) is 10.6 Å². The molecule has 3 nitrogen and oxygen atoms in total. The van der Waals surface area contributed by atoms with Gasteiger partial charge in [-0.25, -0.2) is 0 Å². The minimum Gasteiger partial charge on any atom is -0.378 e. The van der Waals surface area contributed by atoms with Crippen molar-refractivity contribution in [1.29, 1.82) is 0 Å². The number of hydrogen-bond acceptors (Lipinski definition) is 3. The first-order valence-corrected chi connectivity index (χ1v) is 6.89. The highest BCUT2D eigenvalue weighted by molar-refractivity contribution is 4.83. The van der Waals surface area contributed by atoms with Crippen LogP contribution in [0.25, 0.3) is 0 Å². The highest BCUT2D eigenvalue weighted by Crippen LogP contribution is 2.36. The van der Waals surface area contributed by atoms with Crippen molar-refractivity contribution in [2.75, 3.05) is 32.8 Å². The van der Waals surface area contributed by atoms with Crippen LogP contribution in [0, 0.1) is 11.8 Å². The van der Waals surface area contributed by atoms with Crippen LogP contribution < -0.4 is 10.6 Å². The third-order valence-corrected chi connectivity index (χ3v) is 3.82. The summed E-state index contributed by atoms with van der Waals surface area (Å²) in [6.07, 6.45) is 5.48. The smallest absolute Gasteiger partial charge is 0.0599 e. The van der Waals surface area contributed by atoms with Crippen LogP contribution in [-0.2, 0) is 4.74 Å². The summed E-state index contributed by atoms with van der Waals surface area (Å²) >= 11 is 0. The summed E-state index contributed by atoms with van der Waals surface area (Å²) in [5.41, 5.74) is 0. The fraction of sp³-hybridized carbons (Fsp3) is 1.00. The zero-order chi connectivity index (χ0) is 11.2. The van der Waals surface area contributed by atoms with Gasteiger partial charge >= 0.3 is 0 Å². The Hall–Kier alpha value is -0.120. The van der Waals surface area contributed by atoms with Gasteiger partial charge in [-0.3, -0.25) is 0 Å². The summed E-state index contributed by atoms with van der Waals surface area (Å²) in [7, 11) is 0. The molecule has 0 amide bonds. The number of nitrogens with one attached hydrogen (secondary N) is 2. The fourth-order valence-corrected chi connectivity index (χ4v) is 2.38. The van der Waals surface area contributed by atoms with Gasteiger partial charge in [-0.2, -0.15) is 0 Å². The van der Waals surface area contributed by atoms with E-state index in [9.17, 15) is 0 Å². The van der Waals surface area contributed by atoms with Gasteiger partial charge in [0.05, 0.1) is 6.10 Å². The van der Waals surface area contributed by atoms with E-state index in [1.54, 1.807) is 0 Å². The van der Waals surface area contributed by atoms with Gasteiger partial charge in [0, 0.05) is 6.61 Å². The molecule has 1 aliphatic heterocycles. The third-order valence-electron chi connectivity index (χ3n) is 3.82. The van der Waals surface area contributed by atoms with Crippen LogP contribution in [0.15, 0.2) is 0 Å². The molecule has 0 bridgehead atoms. The zero-order valence-corrected chi connectivity index (χ0v) is 10.5. The topological polar surface area (TPSA) is 33.3 Å². The molecule has 0 radical (unpaired) electrons. The van der Waals surface area contributed by atoms with Gasteiger partial charge in [-0.05, 0) is 63.7 Å². The van der Waals surface area contributed by atoms with Gasteiger partial charge in [0.15, 0.2) is 0 Å². The van der Waals surface area contributed by atoms with Crippen molar-refractivity contribution in [2.45, 2.75) is 38.7 Å². The van der Waals surface area contributed by atoms with E-state index >= 15 is 0 Å². The Morgan fingerprint density at radius 3 is 2.75 bits per heavy atom. The van der Waals surface area contributed by atoms with E-state index in [0.717, 1.165) is 44.5 Å². The maximum absolute atomic E-state index is 5.85. The predicted molar refractivity (Wildman–Crippen MR) is 66.6 cm³/mol. The Balaban J connectivity index is 1.37. The second-order valence-electron chi connectivity index (χ2n) is 5.35. The lowest BCUT2D eigenvalue weighted by Crippen LogP contribution is -2.33. The molecule has 3 heteroatoms. The Kier molecular flexibility index (Phi) is 5.07. The SMILES string of the molecule is CC1CC1CNCCCOC1CCNCC1. The van der Waals surface area contributed by atoms with E-state index in [2.05, 4.69) is 17.6 Å². The normalized spacial score (nSPS) is 30.6. The lowest BCUT2D eigenvalue weighted by Gasteiger charge is -2.22. The molecule has 2 rings (SSSR count). The molecular weight excluding hydrogens is 200 g/mol. The average molecular weight is 226 g/mol. The first kappa shape index (κ1) is 12.3. The Labute approximate surface area is 99.3 Å². The quantitative estimate of drug-likeness (QED) is 0.644. The molecule has 0 aromatic carbocycles. The minimum atomic E-state index is 0.518. The molecule has 2 N–H and O–H groups in total. The van der Waals surface area contributed by atoms with E-state index in [0.29, 0.717) is 6.10 Å². The van der Waals surface area contributed by atoms with Gasteiger partial charge < -0.3 is 15.4 Å². The van der Waals surface area contributed by atoms with Gasteiger partial charge in [-0.1, -0.05) is 6.92 Å². The first-order valence-electron chi connectivity index (χ1n) is 6.89. The van der Waals surface area contributed by atoms with E-state index < -0.39 is 0 Å². The van der Waals surface area contributed by atoms with E-state index in [4.69, 9.17) is 4.74 Å². The van der Waals surface area contributed by atoms with Crippen molar-refractivity contribution >= 4 is 0 Å². The van der Waals surface area contributed by atoms with Crippen LogP contribution in [-0.4, -0.2) is 38.9 Å². The maximum Gasteiger partial charge on any atom is 0.0599 e. The molecule has 16 heavy (non-hydrogen) atoms. The second kappa shape index (κ2) is 6.58. The van der Waals surface area contributed by atoms with E-state index in [1.165, 1.54) is 25.8 Å². The van der Waals surface area contributed by atoms with Crippen molar-refractivity contribution in [3.8, 4) is 0 Å². The Bertz CT molecular complexity index is 192. The summed E-state index contributed by atoms with van der Waals surface area (Å²) in [5.74, 6) is 1.93. The Morgan fingerprint density at radius 1 is 1.31 bits per heavy atom. The van der Waals surface area contributed by atoms with Gasteiger partial charge in [0.2, 0.25) is 0 Å². The molecule has 1 heterocycles. The van der Waals surface area contributed by atoms with Crippen LogP contribution in [0.3, 0.4) is 0 Å². The monoisotopic (exact) mass is 226 g/mol. The summed E-state index contributed by atoms with van der Waals surface area (Å²) in [6, 6.07) is 0. The molecule has 2 aliphatic rings. The molecular formula is C13H26N2O. The van der Waals surface area contributed by atoms with E-state index in [1.807, 2.05) is 0 Å². The molecule has 2 unspecified atom stereocenters. The van der Waals surface area contributed by atoms with Gasteiger partial charge in [0.1, 0.15) is 0 Å². The van der Waals surface area contributed by atoms with E-state index in [-0.39, 0.29) is 0 Å². The second-order valence-corrected chi connectivity index (χ2v) is 5.35. The standard InChI is InChI=1S/C13H26N2O/c1-11-9-12(11)10-15-5-2-8-16-13-3-6-14-7-4-13/h11-15H,2-10H2,1H3. The minimum absolute atomic E-state index is 0.518. The highest BCUT2D eigenvalue weighted by Gasteiger charge is 2.31. The summed E-state index contributed by atoms with van der Waals surface area (Å²) < 4.78 is 5.85. The van der Waals surface area contributed by atoms with Crippen LogP contribution >= 0.6 is 0 Å². The number of piperidine rings is 1. The number of hydrogen-bond donors (Lipinski definition) is 2. The maximum atomic E-state index is 5.85. The third kappa shape index (κ3) is 4.40. The molecule has 0 spiro atoms. The molecule has 1 saturated heterocycles. The first-order chi connectivity index (χ1) is 7.86. The summed E-state index contributed by atoms with van der Waals surface area (Å²) in [4.78, 5) is 0. The largest absolute Gasteiger partial charge is 0.378 e. The van der Waals surface area contributed by atoms with Crippen LogP contribution in [0.5, 0.6) is 0 Å². The lowest BCUT2D eigenvalue weighted by atomic mass is 10.1. The van der Waals surface area contributed by atoms with Gasteiger partial charge in [-0.15, -0.1) is 0 Å². The molecule has 94 valence electrons. The zero-order valence-electron chi connectivity index (χ0n) is 10.5. The van der Waals surface area contributed by atoms with Crippen LogP contribution in [0.2, 0.25) is 0 Å². The molecule has 1 aliphatic carbocycles. The molecule has 2 fully saturated rings.